The third-order valence-electron chi connectivity index (χ3n) is 12.9. The lowest BCUT2D eigenvalue weighted by Gasteiger charge is -2.35. The van der Waals surface area contributed by atoms with E-state index in [4.69, 9.17) is 9.47 Å². The maximum absolute atomic E-state index is 16.6. The van der Waals surface area contributed by atoms with Gasteiger partial charge in [0.25, 0.3) is 5.91 Å². The van der Waals surface area contributed by atoms with Crippen LogP contribution in [0.15, 0.2) is 103 Å². The van der Waals surface area contributed by atoms with Crippen molar-refractivity contribution in [2.75, 3.05) is 36.2 Å². The van der Waals surface area contributed by atoms with E-state index in [1.54, 1.807) is 27.6 Å². The van der Waals surface area contributed by atoms with Gasteiger partial charge in [0.2, 0.25) is 14.3 Å². The van der Waals surface area contributed by atoms with Gasteiger partial charge in [-0.15, -0.1) is 5.10 Å². The molecule has 0 aliphatic carbocycles. The highest BCUT2D eigenvalue weighted by Gasteiger charge is 2.66. The molecule has 1 saturated heterocycles. The molecule has 0 radical (unpaired) electrons. The molecule has 326 valence electrons. The predicted octanol–water partition coefficient (Wildman–Crippen LogP) is 7.16. The standard InChI is InChI=1S/C48H57FN6O6Si/c1-5-60-37-21-22-42-35(27-37)28-40(50-24-11-12-26-56)46(58)55(42)36-19-17-33(18-20-36)29-54-43-16-10-9-15-39(43)48(47(54)59)32(2)45(62(3,4)49)44(61-48)23-25-53-30-41(51-52-53)38(31-57)34-13-7-6-8-14-34/h6-10,13-22,27,30,32,38,40,44-45,50,56-57H,5,11-12,23-26,28-29,31H2,1-4H3/t32-,38?,40?,44+,45-,48+/m1/s1. The Morgan fingerprint density at radius 3 is 2.47 bits per heavy atom. The number of nitrogens with zero attached hydrogens (tertiary/aromatic N) is 5. The highest BCUT2D eigenvalue weighted by atomic mass is 28.4. The zero-order valence-corrected chi connectivity index (χ0v) is 36.9. The van der Waals surface area contributed by atoms with Gasteiger partial charge >= 0.3 is 0 Å². The van der Waals surface area contributed by atoms with Crippen LogP contribution in [0, 0.1) is 5.92 Å². The van der Waals surface area contributed by atoms with Crippen LogP contribution in [0.3, 0.4) is 0 Å². The Labute approximate surface area is 363 Å². The first-order chi connectivity index (χ1) is 30.0. The number of halogens is 1. The minimum atomic E-state index is -3.40. The van der Waals surface area contributed by atoms with E-state index < -0.39 is 37.6 Å². The quantitative estimate of drug-likeness (QED) is 0.0505. The minimum absolute atomic E-state index is 0.0642. The van der Waals surface area contributed by atoms with Crippen molar-refractivity contribution in [3.05, 3.63) is 131 Å². The Bertz CT molecular complexity index is 2360. The number of fused-ring (bicyclic) bond motifs is 3. The number of hydrogen-bond donors (Lipinski definition) is 3. The Morgan fingerprint density at radius 2 is 1.74 bits per heavy atom. The predicted molar refractivity (Wildman–Crippen MR) is 239 cm³/mol. The molecule has 3 aliphatic heterocycles. The largest absolute Gasteiger partial charge is 0.494 e. The third-order valence-corrected chi connectivity index (χ3v) is 15.3. The molecule has 2 unspecified atom stereocenters. The topological polar surface area (TPSA) is 142 Å². The van der Waals surface area contributed by atoms with Crippen LogP contribution in [0.4, 0.5) is 21.2 Å². The molecular weight excluding hydrogens is 804 g/mol. The van der Waals surface area contributed by atoms with Crippen LogP contribution >= 0.6 is 0 Å². The van der Waals surface area contributed by atoms with Crippen molar-refractivity contribution in [3.8, 4) is 5.75 Å². The number of rotatable bonds is 17. The SMILES string of the molecule is CCOc1ccc2c(c1)CC(NCCCCO)C(=O)N2c1ccc(CN2C(=O)[C@@]3(O[C@@H](CCn4cc(C(CO)c5ccccc5)nn4)[C@H]([Si](C)(C)F)[C@H]3C)c3ccccc32)cc1. The summed E-state index contributed by atoms with van der Waals surface area (Å²) in [7, 11) is -3.40. The summed E-state index contributed by atoms with van der Waals surface area (Å²) >= 11 is 0. The van der Waals surface area contributed by atoms with Crippen molar-refractivity contribution in [3.63, 3.8) is 0 Å². The Balaban J connectivity index is 1.03. The van der Waals surface area contributed by atoms with Crippen LogP contribution in [-0.4, -0.2) is 83.9 Å². The summed E-state index contributed by atoms with van der Waals surface area (Å²) in [6.45, 7) is 9.09. The number of anilines is 3. The fourth-order valence-electron chi connectivity index (χ4n) is 9.98. The van der Waals surface area contributed by atoms with Crippen LogP contribution in [0.25, 0.3) is 0 Å². The first-order valence-corrected chi connectivity index (χ1v) is 24.8. The van der Waals surface area contributed by atoms with Crippen molar-refractivity contribution in [2.45, 2.75) is 94.9 Å². The molecule has 1 fully saturated rings. The lowest BCUT2D eigenvalue weighted by atomic mass is 9.82. The van der Waals surface area contributed by atoms with Gasteiger partial charge < -0.3 is 34.0 Å². The monoisotopic (exact) mass is 860 g/mol. The third kappa shape index (κ3) is 8.22. The highest BCUT2D eigenvalue weighted by Crippen LogP contribution is 2.60. The number of ether oxygens (including phenoxy) is 2. The molecule has 12 nitrogen and oxygen atoms in total. The number of aliphatic hydroxyl groups excluding tert-OH is 2. The average molecular weight is 861 g/mol. The number of aryl methyl sites for hydroxylation is 1. The number of para-hydroxylation sites is 1. The maximum atomic E-state index is 16.6. The molecule has 4 heterocycles. The van der Waals surface area contributed by atoms with Gasteiger partial charge in [0.15, 0.2) is 5.60 Å². The molecule has 8 rings (SSSR count). The summed E-state index contributed by atoms with van der Waals surface area (Å²) < 4.78 is 31.1. The lowest BCUT2D eigenvalue weighted by Crippen LogP contribution is -2.49. The number of aromatic nitrogens is 3. The summed E-state index contributed by atoms with van der Waals surface area (Å²) in [6.07, 6.45) is 3.64. The van der Waals surface area contributed by atoms with E-state index in [-0.39, 0.29) is 37.5 Å². The van der Waals surface area contributed by atoms with E-state index in [0.717, 1.165) is 45.8 Å². The van der Waals surface area contributed by atoms with E-state index in [2.05, 4.69) is 15.6 Å². The molecule has 5 aromatic rings. The number of amides is 2. The van der Waals surface area contributed by atoms with E-state index in [9.17, 15) is 15.0 Å². The first-order valence-electron chi connectivity index (χ1n) is 21.8. The number of carbonyl (C=O) groups is 2. The molecule has 4 aromatic carbocycles. The summed E-state index contributed by atoms with van der Waals surface area (Å²) in [5.74, 6) is -0.290. The molecule has 3 N–H and O–H groups in total. The van der Waals surface area contributed by atoms with Gasteiger partial charge in [0.05, 0.1) is 54.9 Å². The fourth-order valence-corrected chi connectivity index (χ4v) is 12.5. The van der Waals surface area contributed by atoms with Gasteiger partial charge in [0, 0.05) is 42.1 Å². The second-order valence-corrected chi connectivity index (χ2v) is 21.0. The average Bonchev–Trinajstić information content (AvgIpc) is 3.93. The van der Waals surface area contributed by atoms with E-state index >= 15 is 8.90 Å². The van der Waals surface area contributed by atoms with Crippen LogP contribution in [0.1, 0.15) is 67.0 Å². The van der Waals surface area contributed by atoms with E-state index in [1.165, 1.54) is 0 Å². The van der Waals surface area contributed by atoms with E-state index in [1.807, 2.05) is 117 Å². The Kier molecular flexibility index (Phi) is 12.8. The number of hydrogen-bond acceptors (Lipinski definition) is 9. The summed E-state index contributed by atoms with van der Waals surface area (Å²) in [4.78, 5) is 32.6. The molecule has 6 atom stereocenters. The molecule has 62 heavy (non-hydrogen) atoms. The number of unbranched alkanes of at least 4 members (excludes halogenated alkanes) is 1. The summed E-state index contributed by atoms with van der Waals surface area (Å²) in [6, 6.07) is 30.5. The van der Waals surface area contributed by atoms with Gasteiger partial charge in [-0.3, -0.25) is 19.2 Å². The van der Waals surface area contributed by atoms with Crippen molar-refractivity contribution < 1.29 is 33.4 Å². The van der Waals surface area contributed by atoms with Crippen LogP contribution in [0.2, 0.25) is 18.6 Å². The molecule has 1 aromatic heterocycles. The molecule has 3 aliphatic rings. The molecule has 0 bridgehead atoms. The minimum Gasteiger partial charge on any atom is -0.494 e. The van der Waals surface area contributed by atoms with Gasteiger partial charge in [-0.2, -0.15) is 0 Å². The number of aliphatic hydroxyl groups is 2. The second-order valence-electron chi connectivity index (χ2n) is 17.2. The highest BCUT2D eigenvalue weighted by molar-refractivity contribution is 6.72. The summed E-state index contributed by atoms with van der Waals surface area (Å²) in [5, 5.41) is 31.7. The normalized spacial score (nSPS) is 22.6. The van der Waals surface area contributed by atoms with Crippen molar-refractivity contribution in [1.29, 1.82) is 0 Å². The lowest BCUT2D eigenvalue weighted by molar-refractivity contribution is -0.146. The number of nitrogens with one attached hydrogen (secondary N) is 1. The first kappa shape index (κ1) is 43.4. The van der Waals surface area contributed by atoms with Crippen LogP contribution in [-0.2, 0) is 39.4 Å². The second kappa shape index (κ2) is 18.2. The van der Waals surface area contributed by atoms with Crippen molar-refractivity contribution in [2.24, 2.45) is 5.92 Å². The van der Waals surface area contributed by atoms with Crippen molar-refractivity contribution >= 4 is 37.3 Å². The number of carbonyl (C=O) groups excluding carboxylic acids is 2. The zero-order valence-electron chi connectivity index (χ0n) is 35.9. The number of benzene rings is 4. The van der Waals surface area contributed by atoms with Gasteiger partial charge in [-0.25, -0.2) is 0 Å². The van der Waals surface area contributed by atoms with Gasteiger partial charge in [0.1, 0.15) is 5.75 Å². The van der Waals surface area contributed by atoms with Gasteiger partial charge in [-0.05, 0) is 105 Å². The van der Waals surface area contributed by atoms with Crippen LogP contribution < -0.4 is 19.9 Å². The van der Waals surface area contributed by atoms with Crippen molar-refractivity contribution in [1.82, 2.24) is 20.3 Å². The molecule has 1 spiro atoms. The maximum Gasteiger partial charge on any atom is 0.264 e. The Morgan fingerprint density at radius 1 is 0.984 bits per heavy atom. The summed E-state index contributed by atoms with van der Waals surface area (Å²) in [5.41, 5.74) is 4.59. The fraction of sp³-hybridized carbons (Fsp3) is 0.417. The van der Waals surface area contributed by atoms with Gasteiger partial charge in [-0.1, -0.05) is 72.8 Å². The van der Waals surface area contributed by atoms with E-state index in [0.29, 0.717) is 50.3 Å². The molecule has 14 heteroatoms. The zero-order chi connectivity index (χ0) is 43.6. The molecule has 2 amide bonds. The van der Waals surface area contributed by atoms with Crippen LogP contribution in [0.5, 0.6) is 5.75 Å². The molecule has 0 saturated carbocycles. The molecular formula is C48H57FN6O6Si. The Hall–Kier alpha value is -5.25. The smallest absolute Gasteiger partial charge is 0.264 e.